The number of aromatic nitrogens is 4. The molecule has 0 saturated carbocycles. The van der Waals surface area contributed by atoms with Crippen LogP contribution in [0.25, 0.3) is 21.9 Å². The third-order valence-corrected chi connectivity index (χ3v) is 4.22. The number of fused-ring (bicyclic) bond motifs is 2. The molecule has 4 aromatic rings. The number of rotatable bonds is 3. The Morgan fingerprint density at radius 3 is 2.87 bits per heavy atom. The molecule has 0 aliphatic carbocycles. The van der Waals surface area contributed by atoms with Crippen LogP contribution in [0.3, 0.4) is 0 Å². The maximum atomic E-state index is 10.9. The molecule has 0 saturated heterocycles. The first-order valence-corrected chi connectivity index (χ1v) is 7.65. The molecule has 0 radical (unpaired) electrons. The molecule has 2 aromatic heterocycles. The van der Waals surface area contributed by atoms with Gasteiger partial charge in [0.15, 0.2) is 0 Å². The molecule has 8 heteroatoms. The number of non-ortho nitro benzene ring substituents is 1. The topological polar surface area (TPSA) is 89.6 Å². The summed E-state index contributed by atoms with van der Waals surface area (Å²) in [6, 6.07) is 12.5. The molecule has 0 atom stereocenters. The van der Waals surface area contributed by atoms with Gasteiger partial charge in [-0.25, -0.2) is 4.98 Å². The van der Waals surface area contributed by atoms with E-state index < -0.39 is 4.92 Å². The molecule has 0 unspecified atom stereocenters. The first-order chi connectivity index (χ1) is 11.1. The summed E-state index contributed by atoms with van der Waals surface area (Å²) < 4.78 is 2.34. The molecule has 0 spiro atoms. The zero-order chi connectivity index (χ0) is 16.0. The average Bonchev–Trinajstić information content (AvgIpc) is 3.08. The van der Waals surface area contributed by atoms with Crippen molar-refractivity contribution < 1.29 is 4.92 Å². The summed E-state index contributed by atoms with van der Waals surface area (Å²) in [7, 11) is 0. The van der Waals surface area contributed by atoms with Gasteiger partial charge in [-0.3, -0.25) is 14.8 Å². The van der Waals surface area contributed by atoms with E-state index in [9.17, 15) is 10.1 Å². The predicted octanol–water partition coefficient (Wildman–Crippen LogP) is 3.63. The van der Waals surface area contributed by atoms with E-state index in [2.05, 4.69) is 31.0 Å². The van der Waals surface area contributed by atoms with Crippen molar-refractivity contribution in [3.05, 3.63) is 63.0 Å². The first-order valence-electron chi connectivity index (χ1n) is 6.86. The molecule has 7 nitrogen and oxygen atoms in total. The Bertz CT molecular complexity index is 1020. The number of H-pyrrole nitrogens is 1. The van der Waals surface area contributed by atoms with Crippen molar-refractivity contribution in [1.82, 2.24) is 19.7 Å². The van der Waals surface area contributed by atoms with E-state index >= 15 is 0 Å². The summed E-state index contributed by atoms with van der Waals surface area (Å²) >= 11 is 3.36. The van der Waals surface area contributed by atoms with Crippen LogP contribution in [0.15, 0.2) is 47.1 Å². The zero-order valence-corrected chi connectivity index (χ0v) is 13.3. The Balaban J connectivity index is 1.78. The number of nitrogens with one attached hydrogen (secondary N) is 1. The van der Waals surface area contributed by atoms with Crippen molar-refractivity contribution in [2.24, 2.45) is 0 Å². The SMILES string of the molecule is O=[N+]([O-])c1ccc2c(c1)c(Br)nn2Cc1nc2ccccc2[nH]1. The van der Waals surface area contributed by atoms with Crippen LogP contribution in [0, 0.1) is 10.1 Å². The first kappa shape index (κ1) is 13.9. The van der Waals surface area contributed by atoms with Crippen molar-refractivity contribution in [2.45, 2.75) is 6.54 Å². The second-order valence-corrected chi connectivity index (χ2v) is 5.86. The van der Waals surface area contributed by atoms with E-state index in [0.29, 0.717) is 16.5 Å². The highest BCUT2D eigenvalue weighted by molar-refractivity contribution is 9.10. The summed E-state index contributed by atoms with van der Waals surface area (Å²) in [6.07, 6.45) is 0. The van der Waals surface area contributed by atoms with Gasteiger partial charge in [-0.15, -0.1) is 0 Å². The van der Waals surface area contributed by atoms with Crippen LogP contribution in [0.2, 0.25) is 0 Å². The van der Waals surface area contributed by atoms with Gasteiger partial charge in [0.05, 0.1) is 28.0 Å². The number of para-hydroxylation sites is 2. The Morgan fingerprint density at radius 2 is 2.09 bits per heavy atom. The monoisotopic (exact) mass is 371 g/mol. The number of benzene rings is 2. The van der Waals surface area contributed by atoms with E-state index in [1.165, 1.54) is 12.1 Å². The fourth-order valence-corrected chi connectivity index (χ4v) is 3.09. The Morgan fingerprint density at radius 1 is 1.26 bits per heavy atom. The molecule has 2 heterocycles. The molecule has 0 fully saturated rings. The fourth-order valence-electron chi connectivity index (χ4n) is 2.58. The lowest BCUT2D eigenvalue weighted by Gasteiger charge is -2.00. The molecular weight excluding hydrogens is 362 g/mol. The molecule has 114 valence electrons. The van der Waals surface area contributed by atoms with Gasteiger partial charge < -0.3 is 4.98 Å². The van der Waals surface area contributed by atoms with Crippen LogP contribution >= 0.6 is 15.9 Å². The van der Waals surface area contributed by atoms with E-state index in [0.717, 1.165) is 22.4 Å². The maximum Gasteiger partial charge on any atom is 0.270 e. The van der Waals surface area contributed by atoms with Crippen LogP contribution in [-0.2, 0) is 6.54 Å². The van der Waals surface area contributed by atoms with E-state index in [4.69, 9.17) is 0 Å². The summed E-state index contributed by atoms with van der Waals surface area (Å²) in [5.41, 5.74) is 2.71. The number of aromatic amines is 1. The maximum absolute atomic E-state index is 10.9. The van der Waals surface area contributed by atoms with Gasteiger partial charge in [-0.2, -0.15) is 5.10 Å². The molecule has 0 aliphatic heterocycles. The number of nitrogens with zero attached hydrogens (tertiary/aromatic N) is 4. The Hall–Kier alpha value is -2.74. The number of nitro groups is 1. The molecule has 2 aromatic carbocycles. The number of halogens is 1. The lowest BCUT2D eigenvalue weighted by molar-refractivity contribution is -0.384. The zero-order valence-electron chi connectivity index (χ0n) is 11.7. The lowest BCUT2D eigenvalue weighted by atomic mass is 10.2. The molecule has 0 bridgehead atoms. The van der Waals surface area contributed by atoms with Gasteiger partial charge in [0.1, 0.15) is 10.4 Å². The summed E-state index contributed by atoms with van der Waals surface area (Å²) in [4.78, 5) is 18.3. The standard InChI is InChI=1S/C15H10BrN5O2/c16-15-10-7-9(21(22)23)5-6-13(10)20(19-15)8-14-17-11-3-1-2-4-12(11)18-14/h1-7H,8H2,(H,17,18). The molecule has 23 heavy (non-hydrogen) atoms. The number of imidazole rings is 1. The van der Waals surface area contributed by atoms with Gasteiger partial charge in [-0.1, -0.05) is 12.1 Å². The predicted molar refractivity (Wildman–Crippen MR) is 89.3 cm³/mol. The quantitative estimate of drug-likeness (QED) is 0.439. The van der Waals surface area contributed by atoms with Gasteiger partial charge in [0.25, 0.3) is 5.69 Å². The van der Waals surface area contributed by atoms with Crippen LogP contribution < -0.4 is 0 Å². The van der Waals surface area contributed by atoms with Crippen LogP contribution in [0.1, 0.15) is 5.82 Å². The Kier molecular flexibility index (Phi) is 3.12. The lowest BCUT2D eigenvalue weighted by Crippen LogP contribution is -2.03. The Labute approximate surface area is 138 Å². The highest BCUT2D eigenvalue weighted by Gasteiger charge is 2.14. The van der Waals surface area contributed by atoms with Crippen molar-refractivity contribution in [1.29, 1.82) is 0 Å². The third kappa shape index (κ3) is 2.36. The van der Waals surface area contributed by atoms with Gasteiger partial charge in [-0.05, 0) is 34.1 Å². The molecular formula is C15H10BrN5O2. The van der Waals surface area contributed by atoms with Gasteiger partial charge in [0, 0.05) is 17.5 Å². The largest absolute Gasteiger partial charge is 0.340 e. The summed E-state index contributed by atoms with van der Waals surface area (Å²) in [5, 5.41) is 16.0. The highest BCUT2D eigenvalue weighted by Crippen LogP contribution is 2.27. The van der Waals surface area contributed by atoms with Crippen LogP contribution in [0.4, 0.5) is 5.69 Å². The minimum absolute atomic E-state index is 0.0430. The van der Waals surface area contributed by atoms with Gasteiger partial charge in [0.2, 0.25) is 0 Å². The van der Waals surface area contributed by atoms with Crippen molar-refractivity contribution in [3.8, 4) is 0 Å². The van der Waals surface area contributed by atoms with E-state index in [-0.39, 0.29) is 5.69 Å². The van der Waals surface area contributed by atoms with E-state index in [1.807, 2.05) is 24.3 Å². The average molecular weight is 372 g/mol. The third-order valence-electron chi connectivity index (χ3n) is 3.64. The molecule has 0 amide bonds. The van der Waals surface area contributed by atoms with Crippen molar-refractivity contribution in [2.75, 3.05) is 0 Å². The summed E-state index contributed by atoms with van der Waals surface area (Å²) in [6.45, 7) is 0.453. The van der Waals surface area contributed by atoms with Gasteiger partial charge >= 0.3 is 0 Å². The fraction of sp³-hybridized carbons (Fsp3) is 0.0667. The minimum atomic E-state index is -0.414. The summed E-state index contributed by atoms with van der Waals surface area (Å²) in [5.74, 6) is 0.779. The number of nitro benzene ring substituents is 1. The van der Waals surface area contributed by atoms with Crippen molar-refractivity contribution in [3.63, 3.8) is 0 Å². The number of hydrogen-bond acceptors (Lipinski definition) is 4. The van der Waals surface area contributed by atoms with Crippen LogP contribution in [0.5, 0.6) is 0 Å². The highest BCUT2D eigenvalue weighted by atomic mass is 79.9. The normalized spacial score (nSPS) is 11.3. The smallest absolute Gasteiger partial charge is 0.270 e. The molecule has 4 rings (SSSR count). The van der Waals surface area contributed by atoms with Crippen LogP contribution in [-0.4, -0.2) is 24.7 Å². The molecule has 1 N–H and O–H groups in total. The van der Waals surface area contributed by atoms with Crippen molar-refractivity contribution >= 4 is 43.6 Å². The second-order valence-electron chi connectivity index (χ2n) is 5.11. The minimum Gasteiger partial charge on any atom is -0.340 e. The van der Waals surface area contributed by atoms with E-state index in [1.54, 1.807) is 10.7 Å². The number of hydrogen-bond donors (Lipinski definition) is 1. The second kappa shape index (κ2) is 5.17. The molecule has 0 aliphatic rings.